The number of hydrogen-bond donors (Lipinski definition) is 1. The molecule has 6 nitrogen and oxygen atoms in total. The number of carbonyl (C=O) groups is 1. The summed E-state index contributed by atoms with van der Waals surface area (Å²) < 4.78 is 17.2. The molecule has 1 aliphatic rings. The first-order valence-electron chi connectivity index (χ1n) is 13.0. The van der Waals surface area contributed by atoms with Crippen LogP contribution in [0.5, 0.6) is 11.5 Å². The van der Waals surface area contributed by atoms with Crippen molar-refractivity contribution in [2.24, 2.45) is 0 Å². The predicted molar refractivity (Wildman–Crippen MR) is 155 cm³/mol. The first-order chi connectivity index (χ1) is 19.1. The maximum Gasteiger partial charge on any atom is 0.255 e. The van der Waals surface area contributed by atoms with Gasteiger partial charge in [-0.05, 0) is 59.2 Å². The van der Waals surface area contributed by atoms with E-state index in [9.17, 15) is 4.79 Å². The second-order valence-electron chi connectivity index (χ2n) is 9.28. The van der Waals surface area contributed by atoms with Gasteiger partial charge in [-0.3, -0.25) is 9.69 Å². The SMILES string of the molecule is O=C(Nc1ccc(OCCN2CCOCC2)c(Cl)c1)c1cccc(-c2cccc(OCc3ccccc3)c2)c1. The van der Waals surface area contributed by atoms with Gasteiger partial charge in [0.05, 0.1) is 18.2 Å². The zero-order valence-corrected chi connectivity index (χ0v) is 22.4. The van der Waals surface area contributed by atoms with Crippen molar-refractivity contribution < 1.29 is 19.0 Å². The molecule has 1 fully saturated rings. The molecule has 200 valence electrons. The summed E-state index contributed by atoms with van der Waals surface area (Å²) >= 11 is 6.44. The Hall–Kier alpha value is -3.84. The van der Waals surface area contributed by atoms with Crippen LogP contribution in [0.1, 0.15) is 15.9 Å². The van der Waals surface area contributed by atoms with Gasteiger partial charge < -0.3 is 19.5 Å². The molecule has 0 radical (unpaired) electrons. The standard InChI is InChI=1S/C32H31ClN2O4/c33-30-22-28(12-13-31(30)38-19-16-35-14-17-37-18-15-35)34-32(36)27-10-4-8-25(20-27)26-9-5-11-29(21-26)39-23-24-6-2-1-3-7-24/h1-13,20-22H,14-19,23H2,(H,34,36). The molecular formula is C32H31ClN2O4. The average molecular weight is 543 g/mol. The van der Waals surface area contributed by atoms with E-state index in [1.165, 1.54) is 0 Å². The fourth-order valence-electron chi connectivity index (χ4n) is 4.35. The fourth-order valence-corrected chi connectivity index (χ4v) is 4.59. The summed E-state index contributed by atoms with van der Waals surface area (Å²) in [4.78, 5) is 15.3. The van der Waals surface area contributed by atoms with Gasteiger partial charge in [0, 0.05) is 30.9 Å². The minimum Gasteiger partial charge on any atom is -0.491 e. The average Bonchev–Trinajstić information content (AvgIpc) is 2.98. The summed E-state index contributed by atoms with van der Waals surface area (Å²) in [5, 5.41) is 3.39. The molecule has 4 aromatic rings. The smallest absolute Gasteiger partial charge is 0.255 e. The first kappa shape index (κ1) is 26.8. The molecule has 39 heavy (non-hydrogen) atoms. The van der Waals surface area contributed by atoms with Crippen LogP contribution in [0.25, 0.3) is 11.1 Å². The van der Waals surface area contributed by atoms with Crippen LogP contribution in [0.15, 0.2) is 97.1 Å². The van der Waals surface area contributed by atoms with Gasteiger partial charge in [0.1, 0.15) is 24.7 Å². The van der Waals surface area contributed by atoms with Crippen LogP contribution in [0.3, 0.4) is 0 Å². The van der Waals surface area contributed by atoms with Crippen molar-refractivity contribution in [1.29, 1.82) is 0 Å². The maximum absolute atomic E-state index is 13.0. The number of rotatable bonds is 10. The van der Waals surface area contributed by atoms with E-state index < -0.39 is 0 Å². The normalized spacial score (nSPS) is 13.6. The van der Waals surface area contributed by atoms with Crippen molar-refractivity contribution in [3.8, 4) is 22.6 Å². The number of nitrogens with zero attached hydrogens (tertiary/aromatic N) is 1. The molecule has 1 saturated heterocycles. The van der Waals surface area contributed by atoms with Crippen molar-refractivity contribution >= 4 is 23.2 Å². The monoisotopic (exact) mass is 542 g/mol. The summed E-state index contributed by atoms with van der Waals surface area (Å²) in [6, 6.07) is 30.7. The highest BCUT2D eigenvalue weighted by Gasteiger charge is 2.12. The predicted octanol–water partition coefficient (Wildman–Crippen LogP) is 6.55. The molecular weight excluding hydrogens is 512 g/mol. The van der Waals surface area contributed by atoms with Crippen molar-refractivity contribution in [1.82, 2.24) is 4.90 Å². The van der Waals surface area contributed by atoms with Gasteiger partial charge in [-0.2, -0.15) is 0 Å². The third-order valence-corrected chi connectivity index (χ3v) is 6.79. The van der Waals surface area contributed by atoms with Crippen molar-refractivity contribution in [3.63, 3.8) is 0 Å². The molecule has 0 aromatic heterocycles. The Bertz CT molecular complexity index is 1390. The molecule has 0 unspecified atom stereocenters. The maximum atomic E-state index is 13.0. The highest BCUT2D eigenvalue weighted by Crippen LogP contribution is 2.29. The second-order valence-corrected chi connectivity index (χ2v) is 9.69. The lowest BCUT2D eigenvalue weighted by atomic mass is 10.0. The van der Waals surface area contributed by atoms with Gasteiger partial charge in [0.25, 0.3) is 5.91 Å². The molecule has 1 aliphatic heterocycles. The number of morpholine rings is 1. The van der Waals surface area contributed by atoms with Gasteiger partial charge in [0.15, 0.2) is 0 Å². The topological polar surface area (TPSA) is 60.0 Å². The van der Waals surface area contributed by atoms with E-state index in [4.69, 9.17) is 25.8 Å². The van der Waals surface area contributed by atoms with Crippen LogP contribution in [0.4, 0.5) is 5.69 Å². The number of amides is 1. The van der Waals surface area contributed by atoms with E-state index in [1.807, 2.05) is 72.8 Å². The highest BCUT2D eigenvalue weighted by atomic mass is 35.5. The summed E-state index contributed by atoms with van der Waals surface area (Å²) in [7, 11) is 0. The fraction of sp³-hybridized carbons (Fsp3) is 0.219. The lowest BCUT2D eigenvalue weighted by Crippen LogP contribution is -2.38. The minimum atomic E-state index is -0.217. The minimum absolute atomic E-state index is 0.217. The van der Waals surface area contributed by atoms with Gasteiger partial charge in [-0.15, -0.1) is 0 Å². The van der Waals surface area contributed by atoms with Crippen LogP contribution in [-0.2, 0) is 11.3 Å². The van der Waals surface area contributed by atoms with Gasteiger partial charge in [-0.25, -0.2) is 0 Å². The zero-order valence-electron chi connectivity index (χ0n) is 21.6. The number of anilines is 1. The Kier molecular flexibility index (Phi) is 9.12. The van der Waals surface area contributed by atoms with Crippen LogP contribution < -0.4 is 14.8 Å². The molecule has 1 N–H and O–H groups in total. The van der Waals surface area contributed by atoms with E-state index in [0.29, 0.717) is 35.2 Å². The Balaban J connectivity index is 1.19. The Morgan fingerprint density at radius 2 is 1.62 bits per heavy atom. The second kappa shape index (κ2) is 13.3. The molecule has 0 atom stereocenters. The quantitative estimate of drug-likeness (QED) is 0.246. The third kappa shape index (κ3) is 7.60. The summed E-state index contributed by atoms with van der Waals surface area (Å²) in [6.45, 7) is 5.19. The molecule has 5 rings (SSSR count). The Labute approximate surface area is 234 Å². The van der Waals surface area contributed by atoms with Gasteiger partial charge in [-0.1, -0.05) is 66.2 Å². The first-order valence-corrected chi connectivity index (χ1v) is 13.4. The van der Waals surface area contributed by atoms with Gasteiger partial charge >= 0.3 is 0 Å². The van der Waals surface area contributed by atoms with E-state index >= 15 is 0 Å². The molecule has 1 heterocycles. The number of halogens is 1. The largest absolute Gasteiger partial charge is 0.491 e. The summed E-state index contributed by atoms with van der Waals surface area (Å²) in [5.74, 6) is 1.15. The summed E-state index contributed by atoms with van der Waals surface area (Å²) in [6.07, 6.45) is 0. The Morgan fingerprint density at radius 3 is 2.41 bits per heavy atom. The molecule has 0 bridgehead atoms. The lowest BCUT2D eigenvalue weighted by Gasteiger charge is -2.26. The number of benzene rings is 4. The van der Waals surface area contributed by atoms with Crippen LogP contribution in [0.2, 0.25) is 5.02 Å². The van der Waals surface area contributed by atoms with Crippen molar-refractivity contribution in [2.75, 3.05) is 44.8 Å². The van der Waals surface area contributed by atoms with Crippen molar-refractivity contribution in [3.05, 3.63) is 113 Å². The summed E-state index contributed by atoms with van der Waals surface area (Å²) in [5.41, 5.74) is 4.15. The molecule has 0 aliphatic carbocycles. The molecule has 0 saturated carbocycles. The number of nitrogens with one attached hydrogen (secondary N) is 1. The lowest BCUT2D eigenvalue weighted by molar-refractivity contribution is 0.0322. The van der Waals surface area contributed by atoms with Crippen LogP contribution >= 0.6 is 11.6 Å². The van der Waals surface area contributed by atoms with Gasteiger partial charge in [0.2, 0.25) is 0 Å². The van der Waals surface area contributed by atoms with E-state index in [1.54, 1.807) is 24.3 Å². The molecule has 7 heteroatoms. The van der Waals surface area contributed by atoms with E-state index in [-0.39, 0.29) is 5.91 Å². The third-order valence-electron chi connectivity index (χ3n) is 6.50. The number of ether oxygens (including phenoxy) is 3. The van der Waals surface area contributed by atoms with Crippen LogP contribution in [0, 0.1) is 0 Å². The molecule has 4 aromatic carbocycles. The number of hydrogen-bond acceptors (Lipinski definition) is 5. The number of carbonyl (C=O) groups excluding carboxylic acids is 1. The zero-order chi connectivity index (χ0) is 26.9. The van der Waals surface area contributed by atoms with Crippen LogP contribution in [-0.4, -0.2) is 50.3 Å². The Morgan fingerprint density at radius 1 is 0.846 bits per heavy atom. The van der Waals surface area contributed by atoms with Crippen molar-refractivity contribution in [2.45, 2.75) is 6.61 Å². The molecule has 0 spiro atoms. The molecule has 1 amide bonds. The van der Waals surface area contributed by atoms with E-state index in [2.05, 4.69) is 10.2 Å². The highest BCUT2D eigenvalue weighted by molar-refractivity contribution is 6.32. The van der Waals surface area contributed by atoms with E-state index in [0.717, 1.165) is 55.3 Å².